The van der Waals surface area contributed by atoms with Gasteiger partial charge in [0.05, 0.1) is 6.04 Å². The van der Waals surface area contributed by atoms with Crippen LogP contribution in [0.1, 0.15) is 13.3 Å². The minimum atomic E-state index is -3.30. The van der Waals surface area contributed by atoms with Crippen molar-refractivity contribution in [2.75, 3.05) is 20.4 Å². The van der Waals surface area contributed by atoms with E-state index in [0.29, 0.717) is 0 Å². The fourth-order valence-corrected chi connectivity index (χ4v) is 1.86. The molecule has 0 radical (unpaired) electrons. The van der Waals surface area contributed by atoms with E-state index in [9.17, 15) is 9.36 Å². The average Bonchev–Trinajstić information content (AvgIpc) is 2.25. The Balaban J connectivity index is 4.33. The van der Waals surface area contributed by atoms with E-state index in [-0.39, 0.29) is 18.4 Å². The minimum absolute atomic E-state index is 0.253. The first-order chi connectivity index (χ1) is 6.99. The fourth-order valence-electron chi connectivity index (χ4n) is 0.838. The van der Waals surface area contributed by atoms with Crippen LogP contribution in [0.2, 0.25) is 0 Å². The van der Waals surface area contributed by atoms with Crippen molar-refractivity contribution in [3.8, 4) is 11.8 Å². The van der Waals surface area contributed by atoms with Gasteiger partial charge in [-0.05, 0) is 6.92 Å². The zero-order chi connectivity index (χ0) is 11.9. The average molecular weight is 233 g/mol. The summed E-state index contributed by atoms with van der Waals surface area (Å²) in [6, 6.07) is -0.740. The molecule has 0 saturated heterocycles. The molecule has 0 aromatic rings. The molecule has 0 aliphatic rings. The van der Waals surface area contributed by atoms with Gasteiger partial charge in [0.2, 0.25) is 0 Å². The van der Waals surface area contributed by atoms with Gasteiger partial charge in [-0.25, -0.2) is 0 Å². The molecule has 0 bridgehead atoms. The maximum absolute atomic E-state index is 11.6. The summed E-state index contributed by atoms with van der Waals surface area (Å²) < 4.78 is 20.8. The van der Waals surface area contributed by atoms with Crippen LogP contribution in [0.3, 0.4) is 0 Å². The Labute approximate surface area is 89.8 Å². The van der Waals surface area contributed by atoms with Crippen LogP contribution in [-0.4, -0.2) is 32.2 Å². The van der Waals surface area contributed by atoms with Gasteiger partial charge in [0.25, 0.3) is 0 Å². The maximum atomic E-state index is 11.6. The number of ketones is 1. The van der Waals surface area contributed by atoms with Crippen molar-refractivity contribution in [2.24, 2.45) is 5.73 Å². The lowest BCUT2D eigenvalue weighted by molar-refractivity contribution is -0.118. The van der Waals surface area contributed by atoms with Crippen molar-refractivity contribution in [2.45, 2.75) is 19.4 Å². The van der Waals surface area contributed by atoms with Gasteiger partial charge < -0.3 is 14.8 Å². The van der Waals surface area contributed by atoms with Crippen LogP contribution in [0.4, 0.5) is 0 Å². The maximum Gasteiger partial charge on any atom is 0.337 e. The second kappa shape index (κ2) is 6.76. The van der Waals surface area contributed by atoms with E-state index in [1.807, 2.05) is 0 Å². The van der Waals surface area contributed by atoms with E-state index in [0.717, 1.165) is 0 Å². The number of Topliss-reactive ketones (excluding diaryl/α,β-unsaturated/α-hetero) is 1. The van der Waals surface area contributed by atoms with Gasteiger partial charge in [-0.1, -0.05) is 0 Å². The predicted octanol–water partition coefficient (Wildman–Crippen LogP) is 0.782. The standard InChI is InChI=1S/C9H16NO4P/c1-4-5-6-8(10)9(11)7-15(12,13-2)14-3/h8H,6-7,10H2,1-3H3/t8-/m0/s1. The van der Waals surface area contributed by atoms with Gasteiger partial charge >= 0.3 is 7.60 Å². The van der Waals surface area contributed by atoms with Crippen molar-refractivity contribution in [1.29, 1.82) is 0 Å². The molecule has 0 aromatic heterocycles. The largest absolute Gasteiger partial charge is 0.337 e. The molecule has 0 aliphatic carbocycles. The third-order valence-corrected chi connectivity index (χ3v) is 3.63. The van der Waals surface area contributed by atoms with E-state index in [1.54, 1.807) is 6.92 Å². The Kier molecular flexibility index (Phi) is 6.46. The van der Waals surface area contributed by atoms with Crippen molar-refractivity contribution in [3.05, 3.63) is 0 Å². The molecule has 6 heteroatoms. The first-order valence-electron chi connectivity index (χ1n) is 4.37. The van der Waals surface area contributed by atoms with Crippen LogP contribution in [-0.2, 0) is 18.4 Å². The first-order valence-corrected chi connectivity index (χ1v) is 6.10. The molecule has 0 fully saturated rings. The van der Waals surface area contributed by atoms with Crippen LogP contribution in [0.5, 0.6) is 0 Å². The van der Waals surface area contributed by atoms with Crippen LogP contribution in [0.25, 0.3) is 0 Å². The van der Waals surface area contributed by atoms with Gasteiger partial charge in [0.1, 0.15) is 6.16 Å². The second-order valence-electron chi connectivity index (χ2n) is 2.84. The molecule has 0 spiro atoms. The number of carbonyl (C=O) groups excluding carboxylic acids is 1. The lowest BCUT2D eigenvalue weighted by Gasteiger charge is -2.14. The zero-order valence-electron chi connectivity index (χ0n) is 9.15. The van der Waals surface area contributed by atoms with Gasteiger partial charge in [0, 0.05) is 20.6 Å². The van der Waals surface area contributed by atoms with Crippen molar-refractivity contribution >= 4 is 13.4 Å². The molecule has 0 unspecified atom stereocenters. The highest BCUT2D eigenvalue weighted by Crippen LogP contribution is 2.46. The van der Waals surface area contributed by atoms with E-state index >= 15 is 0 Å². The third kappa shape index (κ3) is 5.10. The summed E-state index contributed by atoms with van der Waals surface area (Å²) in [7, 11) is -0.839. The quantitative estimate of drug-likeness (QED) is 0.541. The van der Waals surface area contributed by atoms with Crippen molar-refractivity contribution in [1.82, 2.24) is 0 Å². The van der Waals surface area contributed by atoms with Crippen LogP contribution >= 0.6 is 7.60 Å². The molecule has 2 N–H and O–H groups in total. The monoisotopic (exact) mass is 233 g/mol. The van der Waals surface area contributed by atoms with Crippen molar-refractivity contribution < 1.29 is 18.4 Å². The Morgan fingerprint density at radius 2 is 2.00 bits per heavy atom. The van der Waals surface area contributed by atoms with E-state index in [4.69, 9.17) is 5.73 Å². The Morgan fingerprint density at radius 1 is 1.47 bits per heavy atom. The summed E-state index contributed by atoms with van der Waals surface area (Å²) in [5, 5.41) is 0. The highest BCUT2D eigenvalue weighted by Gasteiger charge is 2.28. The number of hydrogen-bond acceptors (Lipinski definition) is 5. The topological polar surface area (TPSA) is 78.6 Å². The summed E-state index contributed by atoms with van der Waals surface area (Å²) in [5.41, 5.74) is 5.54. The zero-order valence-corrected chi connectivity index (χ0v) is 10.0. The van der Waals surface area contributed by atoms with Gasteiger partial charge in [-0.15, -0.1) is 11.8 Å². The Hall–Kier alpha value is -0.660. The molecular formula is C9H16NO4P. The molecule has 5 nitrogen and oxygen atoms in total. The fraction of sp³-hybridized carbons (Fsp3) is 0.667. The SMILES string of the molecule is CC#CC[C@H](N)C(=O)CP(=O)(OC)OC. The normalized spacial score (nSPS) is 12.8. The highest BCUT2D eigenvalue weighted by atomic mass is 31.2. The molecule has 0 heterocycles. The van der Waals surface area contributed by atoms with Gasteiger partial charge in [0.15, 0.2) is 5.78 Å². The number of nitrogens with two attached hydrogens (primary N) is 1. The van der Waals surface area contributed by atoms with E-state index < -0.39 is 13.6 Å². The predicted molar refractivity (Wildman–Crippen MR) is 57.5 cm³/mol. The molecule has 1 atom stereocenters. The number of rotatable bonds is 6. The van der Waals surface area contributed by atoms with Gasteiger partial charge in [-0.2, -0.15) is 0 Å². The summed E-state index contributed by atoms with van der Waals surface area (Å²) in [6.07, 6.45) is -0.0602. The molecule has 0 amide bonds. The molecule has 86 valence electrons. The van der Waals surface area contributed by atoms with Crippen molar-refractivity contribution in [3.63, 3.8) is 0 Å². The molecular weight excluding hydrogens is 217 g/mol. The molecule has 15 heavy (non-hydrogen) atoms. The number of carbonyl (C=O) groups is 1. The lowest BCUT2D eigenvalue weighted by atomic mass is 10.1. The lowest BCUT2D eigenvalue weighted by Crippen LogP contribution is -2.32. The molecule has 0 aliphatic heterocycles. The minimum Gasteiger partial charge on any atom is -0.321 e. The van der Waals surface area contributed by atoms with Crippen LogP contribution in [0, 0.1) is 11.8 Å². The summed E-state index contributed by atoms with van der Waals surface area (Å²) in [6.45, 7) is 1.66. The van der Waals surface area contributed by atoms with Gasteiger partial charge in [-0.3, -0.25) is 9.36 Å². The number of hydrogen-bond donors (Lipinski definition) is 1. The molecule has 0 rings (SSSR count). The first kappa shape index (κ1) is 14.3. The van der Waals surface area contributed by atoms with Crippen LogP contribution < -0.4 is 5.73 Å². The Bertz CT molecular complexity index is 310. The van der Waals surface area contributed by atoms with E-state index in [2.05, 4.69) is 20.9 Å². The smallest absolute Gasteiger partial charge is 0.321 e. The molecule has 0 saturated carbocycles. The van der Waals surface area contributed by atoms with Crippen LogP contribution in [0.15, 0.2) is 0 Å². The summed E-state index contributed by atoms with van der Waals surface area (Å²) in [4.78, 5) is 11.5. The highest BCUT2D eigenvalue weighted by molar-refractivity contribution is 7.54. The third-order valence-electron chi connectivity index (χ3n) is 1.82. The van der Waals surface area contributed by atoms with E-state index in [1.165, 1.54) is 14.2 Å². The second-order valence-corrected chi connectivity index (χ2v) is 5.11. The molecule has 0 aromatic carbocycles. The Morgan fingerprint density at radius 3 is 2.40 bits per heavy atom. The summed E-state index contributed by atoms with van der Waals surface area (Å²) in [5.74, 6) is 4.94. The summed E-state index contributed by atoms with van der Waals surface area (Å²) >= 11 is 0.